The van der Waals surface area contributed by atoms with Crippen LogP contribution >= 0.6 is 42.5 Å². The van der Waals surface area contributed by atoms with Crippen LogP contribution in [0.3, 0.4) is 0 Å². The summed E-state index contributed by atoms with van der Waals surface area (Å²) < 4.78 is 35.6. The third-order valence-corrected chi connectivity index (χ3v) is 11.0. The zero-order valence-corrected chi connectivity index (χ0v) is 33.0. The van der Waals surface area contributed by atoms with Crippen molar-refractivity contribution < 1.29 is 43.4 Å². The summed E-state index contributed by atoms with van der Waals surface area (Å²) in [5.74, 6) is 0.324. The predicted octanol–water partition coefficient (Wildman–Crippen LogP) is 4.92. The summed E-state index contributed by atoms with van der Waals surface area (Å²) in [5, 5.41) is 24.2. The summed E-state index contributed by atoms with van der Waals surface area (Å²) in [7, 11) is -1.37. The van der Waals surface area contributed by atoms with Crippen LogP contribution in [0.15, 0.2) is 71.5 Å². The number of hydrogen-bond acceptors (Lipinski definition) is 15. The molecule has 0 spiro atoms. The van der Waals surface area contributed by atoms with Crippen molar-refractivity contribution in [2.24, 2.45) is 4.74 Å². The Morgan fingerprint density at radius 3 is 2.64 bits per heavy atom. The Morgan fingerprint density at radius 2 is 1.91 bits per heavy atom. The Balaban J connectivity index is 1.25. The number of benzene rings is 3. The number of halogens is 1. The van der Waals surface area contributed by atoms with Gasteiger partial charge >= 0.3 is 14.1 Å². The minimum absolute atomic E-state index is 0.0759. The van der Waals surface area contributed by atoms with E-state index in [-0.39, 0.29) is 35.6 Å². The zero-order valence-electron chi connectivity index (χ0n) is 29.2. The first-order valence-corrected chi connectivity index (χ1v) is 20.1. The van der Waals surface area contributed by atoms with Crippen LogP contribution in [0.25, 0.3) is 21.9 Å². The smallest absolute Gasteiger partial charge is 0.395 e. The molecule has 3 heterocycles. The molecule has 18 heteroatoms. The normalized spacial score (nSPS) is 21.4. The third-order valence-electron chi connectivity index (χ3n) is 8.74. The summed E-state index contributed by atoms with van der Waals surface area (Å²) in [4.78, 5) is 39.7. The number of aromatic nitrogens is 4. The molecular weight excluding hydrogens is 838 g/mol. The molecule has 1 unspecified atom stereocenters. The molecule has 7 atom stereocenters. The molecule has 5 aromatic rings. The lowest BCUT2D eigenvalue weighted by Crippen LogP contribution is -2.45. The van der Waals surface area contributed by atoms with Crippen molar-refractivity contribution >= 4 is 76.4 Å². The quantitative estimate of drug-likeness (QED) is 0.0586. The number of hydrogen-bond donors (Lipinski definition) is 3. The highest BCUT2D eigenvalue weighted by Crippen LogP contribution is 2.44. The fourth-order valence-electron chi connectivity index (χ4n) is 5.96. The van der Waals surface area contributed by atoms with Gasteiger partial charge in [-0.15, -0.1) is 0 Å². The maximum atomic E-state index is 13.6. The highest BCUT2D eigenvalue weighted by molar-refractivity contribution is 14.1. The van der Waals surface area contributed by atoms with Gasteiger partial charge in [-0.25, -0.2) is 9.78 Å². The van der Waals surface area contributed by atoms with Crippen LogP contribution < -0.4 is 24.6 Å². The molecule has 0 amide bonds. The highest BCUT2D eigenvalue weighted by Gasteiger charge is 2.54. The molecule has 6 rings (SSSR count). The van der Waals surface area contributed by atoms with Gasteiger partial charge in [0.25, 0.3) is 0 Å². The van der Waals surface area contributed by atoms with Crippen LogP contribution in [0.1, 0.15) is 38.2 Å². The number of nitrogens with two attached hydrogens (primary N) is 1. The van der Waals surface area contributed by atoms with E-state index in [0.29, 0.717) is 26.9 Å². The zero-order chi connectivity index (χ0) is 37.9. The molecule has 1 aliphatic heterocycles. The molecule has 53 heavy (non-hydrogen) atoms. The van der Waals surface area contributed by atoms with Crippen molar-refractivity contribution in [3.63, 3.8) is 0 Å². The maximum Gasteiger partial charge on any atom is 0.395 e. The van der Waals surface area contributed by atoms with Gasteiger partial charge in [0.05, 0.1) is 7.11 Å². The molecule has 15 nitrogen and oxygen atoms in total. The molecule has 1 saturated heterocycles. The van der Waals surface area contributed by atoms with Crippen molar-refractivity contribution in [3.8, 4) is 17.4 Å². The van der Waals surface area contributed by atoms with E-state index in [1.165, 1.54) is 30.4 Å². The SMILES string of the molecule is COc1nc(N)nc2c1nc(I)n2[C@@H]1O[C@H](COc2ccc3ccccc3c2O[P+]([O-])=N[C@@H](CCSC)C(=O)O[C@@H](C)c2ccccc2)[C@@H](O)[C@@]1(C)O. The van der Waals surface area contributed by atoms with Crippen LogP contribution in [0, 0.1) is 3.83 Å². The predicted molar refractivity (Wildman–Crippen MR) is 207 cm³/mol. The first-order chi connectivity index (χ1) is 25.4. The number of imidazole rings is 1. The number of methoxy groups -OCH3 is 1. The number of anilines is 1. The van der Waals surface area contributed by atoms with E-state index in [0.717, 1.165) is 10.9 Å². The van der Waals surface area contributed by atoms with Gasteiger partial charge in [0, 0.05) is 28.0 Å². The fourth-order valence-corrected chi connectivity index (χ4v) is 7.97. The van der Waals surface area contributed by atoms with Gasteiger partial charge in [-0.3, -0.25) is 9.09 Å². The number of aliphatic hydroxyl groups is 2. The number of ether oxygens (including phenoxy) is 4. The third kappa shape index (κ3) is 8.30. The maximum absolute atomic E-state index is 13.6. The van der Waals surface area contributed by atoms with E-state index in [2.05, 4.69) is 19.7 Å². The van der Waals surface area contributed by atoms with Gasteiger partial charge in [-0.2, -0.15) is 21.7 Å². The Labute approximate surface area is 324 Å². The summed E-state index contributed by atoms with van der Waals surface area (Å²) in [6.07, 6.45) is -1.99. The minimum atomic E-state index is -2.80. The Bertz CT molecular complexity index is 2120. The number of esters is 1. The van der Waals surface area contributed by atoms with Crippen molar-refractivity contribution in [2.45, 2.75) is 56.5 Å². The lowest BCUT2D eigenvalue weighted by molar-refractivity contribution is -0.170. The Morgan fingerprint density at radius 1 is 1.17 bits per heavy atom. The molecule has 4 N–H and O–H groups in total. The molecular formula is C35H38IN6O9PS. The van der Waals surface area contributed by atoms with Crippen molar-refractivity contribution in [1.29, 1.82) is 0 Å². The van der Waals surface area contributed by atoms with Gasteiger partial charge in [0.1, 0.15) is 30.5 Å². The van der Waals surface area contributed by atoms with E-state index in [9.17, 15) is 19.9 Å². The second kappa shape index (κ2) is 16.7. The first-order valence-electron chi connectivity index (χ1n) is 16.5. The molecule has 0 saturated carbocycles. The number of nitrogens with zero attached hydrogens (tertiary/aromatic N) is 5. The average Bonchev–Trinajstić information content (AvgIpc) is 3.59. The second-order valence-electron chi connectivity index (χ2n) is 12.4. The molecule has 1 fully saturated rings. The van der Waals surface area contributed by atoms with Crippen LogP contribution in [0.2, 0.25) is 0 Å². The first kappa shape index (κ1) is 38.9. The number of carbonyl (C=O) groups excluding carboxylic acids is 1. The molecule has 2 aromatic heterocycles. The molecule has 0 aliphatic carbocycles. The van der Waals surface area contributed by atoms with Crippen LogP contribution in [-0.2, 0) is 14.3 Å². The Hall–Kier alpha value is -3.84. The summed E-state index contributed by atoms with van der Waals surface area (Å²) in [6, 6.07) is 19.0. The second-order valence-corrected chi connectivity index (χ2v) is 15.2. The molecule has 1 aliphatic rings. The van der Waals surface area contributed by atoms with Gasteiger partial charge in [0.15, 0.2) is 33.0 Å². The number of fused-ring (bicyclic) bond motifs is 2. The fraction of sp³-hybridized carbons (Fsp3) is 0.371. The number of aliphatic hydroxyl groups excluding tert-OH is 1. The van der Waals surface area contributed by atoms with E-state index in [4.69, 9.17) is 29.2 Å². The number of nitrogen functional groups attached to an aromatic ring is 1. The van der Waals surface area contributed by atoms with E-state index < -0.39 is 50.3 Å². The standard InChI is InChI=1S/C35H38IN6O9PS/c1-19(20-10-6-5-7-11-20)49-31(44)23(16-17-53-4)41-52(46)51-27-22-13-9-8-12-21(22)14-15-24(27)48-18-25-28(43)35(2,45)32(50-25)42-29-26(38-33(42)36)30(47-3)40-34(37)39-29/h5-15,19,23,25,28,32,43,45H,16-18H2,1-4H3,(H2,37,39,40)/t19-,23-,25+,28+,32+,35+/m0/s1. The van der Waals surface area contributed by atoms with Crippen molar-refractivity contribution in [1.82, 2.24) is 19.5 Å². The monoisotopic (exact) mass is 876 g/mol. The largest absolute Gasteiger partial charge is 0.575 e. The van der Waals surface area contributed by atoms with Crippen molar-refractivity contribution in [3.05, 3.63) is 76.1 Å². The lowest BCUT2D eigenvalue weighted by Gasteiger charge is -2.27. The van der Waals surface area contributed by atoms with Gasteiger partial charge in [-0.1, -0.05) is 65.4 Å². The van der Waals surface area contributed by atoms with Crippen LogP contribution in [-0.4, -0.2) is 85.3 Å². The van der Waals surface area contributed by atoms with Crippen LogP contribution in [0.4, 0.5) is 5.95 Å². The minimum Gasteiger partial charge on any atom is -0.575 e. The van der Waals surface area contributed by atoms with Gasteiger partial charge in [0.2, 0.25) is 17.6 Å². The molecule has 3 aromatic carbocycles. The van der Waals surface area contributed by atoms with Gasteiger partial charge < -0.3 is 39.8 Å². The summed E-state index contributed by atoms with van der Waals surface area (Å²) >= 11 is 3.48. The summed E-state index contributed by atoms with van der Waals surface area (Å²) in [5.41, 5.74) is 5.44. The lowest BCUT2D eigenvalue weighted by atomic mass is 9.96. The van der Waals surface area contributed by atoms with Gasteiger partial charge in [-0.05, 0) is 49.3 Å². The van der Waals surface area contributed by atoms with E-state index >= 15 is 0 Å². The topological polar surface area (TPSA) is 209 Å². The van der Waals surface area contributed by atoms with Crippen molar-refractivity contribution in [2.75, 3.05) is 31.5 Å². The molecule has 280 valence electrons. The average molecular weight is 877 g/mol. The number of carbonyl (C=O) groups is 1. The Kier molecular flexibility index (Phi) is 12.2. The summed E-state index contributed by atoms with van der Waals surface area (Å²) in [6.45, 7) is 2.95. The number of rotatable bonds is 14. The highest BCUT2D eigenvalue weighted by atomic mass is 127. The molecule has 0 radical (unpaired) electrons. The van der Waals surface area contributed by atoms with Crippen LogP contribution in [0.5, 0.6) is 17.4 Å². The molecule has 0 bridgehead atoms. The number of thioether (sulfide) groups is 1. The van der Waals surface area contributed by atoms with E-state index in [1.54, 1.807) is 31.2 Å². The van der Waals surface area contributed by atoms with E-state index in [1.807, 2.05) is 71.3 Å².